The first kappa shape index (κ1) is 10.9. The quantitative estimate of drug-likeness (QED) is 0.663. The van der Waals surface area contributed by atoms with Gasteiger partial charge in [0, 0.05) is 19.1 Å². The van der Waals surface area contributed by atoms with Gasteiger partial charge in [-0.2, -0.15) is 0 Å². The molecule has 13 heavy (non-hydrogen) atoms. The maximum Gasteiger partial charge on any atom is 0.155 e. The Balaban J connectivity index is 2.70. The molecule has 0 amide bonds. The highest BCUT2D eigenvalue weighted by atomic mass is 32.2. The van der Waals surface area contributed by atoms with Crippen LogP contribution in [0.15, 0.2) is 0 Å². The van der Waals surface area contributed by atoms with E-state index in [4.69, 9.17) is 0 Å². The molecule has 0 N–H and O–H groups in total. The summed E-state index contributed by atoms with van der Waals surface area (Å²) in [5, 5.41) is -0.368. The first-order valence-electron chi connectivity index (χ1n) is 4.50. The van der Waals surface area contributed by atoms with Crippen LogP contribution in [0.3, 0.4) is 0 Å². The summed E-state index contributed by atoms with van der Waals surface area (Å²) in [6.07, 6.45) is 0. The van der Waals surface area contributed by atoms with E-state index in [9.17, 15) is 12.8 Å². The molecular weight excluding hydrogens is 193 g/mol. The van der Waals surface area contributed by atoms with Gasteiger partial charge in [-0.1, -0.05) is 0 Å². The lowest BCUT2D eigenvalue weighted by Crippen LogP contribution is -2.52. The van der Waals surface area contributed by atoms with Gasteiger partial charge in [0.1, 0.15) is 6.67 Å². The normalized spacial score (nSPS) is 34.7. The van der Waals surface area contributed by atoms with Crippen LogP contribution in [-0.2, 0) is 9.84 Å². The Morgan fingerprint density at radius 2 is 2.08 bits per heavy atom. The van der Waals surface area contributed by atoms with Crippen LogP contribution >= 0.6 is 0 Å². The molecule has 2 unspecified atom stereocenters. The fraction of sp³-hybridized carbons (Fsp3) is 1.00. The maximum atomic E-state index is 12.1. The van der Waals surface area contributed by atoms with Gasteiger partial charge >= 0.3 is 0 Å². The van der Waals surface area contributed by atoms with Crippen molar-refractivity contribution in [3.8, 4) is 0 Å². The standard InChI is InChI=1S/C8H16FNO2S/c1-7-8(2)13(11,12)6-5-10(7)4-3-9/h7-8H,3-6H2,1-2H3. The summed E-state index contributed by atoms with van der Waals surface area (Å²) in [5.41, 5.74) is 0. The Bertz CT molecular complexity index is 265. The molecule has 0 saturated carbocycles. The highest BCUT2D eigenvalue weighted by molar-refractivity contribution is 7.92. The second-order valence-corrected chi connectivity index (χ2v) is 6.02. The third kappa shape index (κ3) is 2.20. The lowest BCUT2D eigenvalue weighted by molar-refractivity contribution is 0.190. The summed E-state index contributed by atoms with van der Waals surface area (Å²) in [7, 11) is -2.93. The van der Waals surface area contributed by atoms with E-state index in [1.54, 1.807) is 6.92 Å². The van der Waals surface area contributed by atoms with Crippen molar-refractivity contribution in [2.45, 2.75) is 25.1 Å². The molecule has 5 heteroatoms. The lowest BCUT2D eigenvalue weighted by Gasteiger charge is -2.36. The Hall–Kier alpha value is -0.160. The first-order valence-corrected chi connectivity index (χ1v) is 6.22. The monoisotopic (exact) mass is 209 g/mol. The van der Waals surface area contributed by atoms with Gasteiger partial charge in [-0.05, 0) is 13.8 Å². The fourth-order valence-electron chi connectivity index (χ4n) is 1.65. The zero-order valence-electron chi connectivity index (χ0n) is 8.03. The van der Waals surface area contributed by atoms with E-state index in [0.717, 1.165) is 0 Å². The molecule has 0 aromatic carbocycles. The topological polar surface area (TPSA) is 37.4 Å². The molecule has 1 aliphatic rings. The summed E-state index contributed by atoms with van der Waals surface area (Å²) >= 11 is 0. The molecule has 1 heterocycles. The van der Waals surface area contributed by atoms with Crippen molar-refractivity contribution in [3.05, 3.63) is 0 Å². The van der Waals surface area contributed by atoms with Gasteiger partial charge < -0.3 is 0 Å². The molecule has 78 valence electrons. The molecule has 0 bridgehead atoms. The van der Waals surface area contributed by atoms with Crippen molar-refractivity contribution < 1.29 is 12.8 Å². The second-order valence-electron chi connectivity index (χ2n) is 3.54. The summed E-state index contributed by atoms with van der Waals surface area (Å²) in [6.45, 7) is 3.96. The molecule has 0 aliphatic carbocycles. The average Bonchev–Trinajstić information content (AvgIpc) is 2.07. The number of hydrogen-bond acceptors (Lipinski definition) is 3. The van der Waals surface area contributed by atoms with Crippen LogP contribution in [0.5, 0.6) is 0 Å². The van der Waals surface area contributed by atoms with Crippen molar-refractivity contribution >= 4 is 9.84 Å². The predicted molar refractivity (Wildman–Crippen MR) is 50.3 cm³/mol. The fourth-order valence-corrected chi connectivity index (χ4v) is 3.29. The first-order chi connectivity index (χ1) is 5.99. The Morgan fingerprint density at radius 3 is 2.62 bits per heavy atom. The smallest absolute Gasteiger partial charge is 0.155 e. The molecule has 1 fully saturated rings. The zero-order chi connectivity index (χ0) is 10.1. The summed E-state index contributed by atoms with van der Waals surface area (Å²) < 4.78 is 34.9. The van der Waals surface area contributed by atoms with Gasteiger partial charge in [0.25, 0.3) is 0 Å². The molecule has 0 spiro atoms. The van der Waals surface area contributed by atoms with Crippen molar-refractivity contribution in [1.82, 2.24) is 4.90 Å². The van der Waals surface area contributed by atoms with E-state index in [0.29, 0.717) is 13.1 Å². The van der Waals surface area contributed by atoms with Crippen LogP contribution in [0.4, 0.5) is 4.39 Å². The molecule has 1 rings (SSSR count). The van der Waals surface area contributed by atoms with Gasteiger partial charge in [0.05, 0.1) is 11.0 Å². The van der Waals surface area contributed by atoms with Crippen molar-refractivity contribution in [2.75, 3.05) is 25.5 Å². The molecule has 3 nitrogen and oxygen atoms in total. The minimum atomic E-state index is -2.93. The van der Waals surface area contributed by atoms with Gasteiger partial charge in [-0.15, -0.1) is 0 Å². The molecule has 0 aromatic rings. The number of halogens is 1. The summed E-state index contributed by atoms with van der Waals surface area (Å²) in [6, 6.07) is -0.0606. The summed E-state index contributed by atoms with van der Waals surface area (Å²) in [4.78, 5) is 1.89. The van der Waals surface area contributed by atoms with Crippen LogP contribution in [0.1, 0.15) is 13.8 Å². The van der Waals surface area contributed by atoms with E-state index in [1.165, 1.54) is 0 Å². The molecular formula is C8H16FNO2S. The van der Waals surface area contributed by atoms with E-state index in [-0.39, 0.29) is 17.0 Å². The molecule has 2 atom stereocenters. The van der Waals surface area contributed by atoms with Crippen molar-refractivity contribution in [2.24, 2.45) is 0 Å². The van der Waals surface area contributed by atoms with E-state index in [1.807, 2.05) is 11.8 Å². The summed E-state index contributed by atoms with van der Waals surface area (Å²) in [5.74, 6) is 0.165. The molecule has 1 aliphatic heterocycles. The van der Waals surface area contributed by atoms with Gasteiger partial charge in [-0.3, -0.25) is 4.90 Å². The third-order valence-corrected chi connectivity index (χ3v) is 5.13. The van der Waals surface area contributed by atoms with Crippen LogP contribution in [0, 0.1) is 0 Å². The second kappa shape index (κ2) is 3.92. The van der Waals surface area contributed by atoms with Gasteiger partial charge in [0.15, 0.2) is 9.84 Å². The van der Waals surface area contributed by atoms with Gasteiger partial charge in [0.2, 0.25) is 0 Å². The lowest BCUT2D eigenvalue weighted by atomic mass is 10.2. The van der Waals surface area contributed by atoms with E-state index < -0.39 is 16.5 Å². The van der Waals surface area contributed by atoms with Crippen LogP contribution in [0.25, 0.3) is 0 Å². The number of nitrogens with zero attached hydrogens (tertiary/aromatic N) is 1. The van der Waals surface area contributed by atoms with E-state index >= 15 is 0 Å². The molecule has 0 aromatic heterocycles. The largest absolute Gasteiger partial charge is 0.296 e. The Morgan fingerprint density at radius 1 is 1.46 bits per heavy atom. The zero-order valence-corrected chi connectivity index (χ0v) is 8.85. The van der Waals surface area contributed by atoms with Crippen molar-refractivity contribution in [1.29, 1.82) is 0 Å². The van der Waals surface area contributed by atoms with Crippen LogP contribution < -0.4 is 0 Å². The van der Waals surface area contributed by atoms with Crippen LogP contribution in [-0.4, -0.2) is 50.1 Å². The highest BCUT2D eigenvalue weighted by Crippen LogP contribution is 2.18. The minimum Gasteiger partial charge on any atom is -0.296 e. The van der Waals surface area contributed by atoms with Crippen molar-refractivity contribution in [3.63, 3.8) is 0 Å². The molecule has 0 radical (unpaired) electrons. The number of alkyl halides is 1. The minimum absolute atomic E-state index is 0.0606. The molecule has 1 saturated heterocycles. The maximum absolute atomic E-state index is 12.1. The van der Waals surface area contributed by atoms with E-state index in [2.05, 4.69) is 0 Å². The highest BCUT2D eigenvalue weighted by Gasteiger charge is 2.35. The number of sulfone groups is 1. The average molecular weight is 209 g/mol. The third-order valence-electron chi connectivity index (χ3n) is 2.86. The number of hydrogen-bond donors (Lipinski definition) is 0. The van der Waals surface area contributed by atoms with Crippen LogP contribution in [0.2, 0.25) is 0 Å². The Kier molecular flexibility index (Phi) is 3.29. The Labute approximate surface area is 78.8 Å². The predicted octanol–water partition coefficient (Wildman–Crippen LogP) is 0.463. The SMILES string of the molecule is CC1C(C)S(=O)(=O)CCN1CCF. The van der Waals surface area contributed by atoms with Gasteiger partial charge in [-0.25, -0.2) is 12.8 Å². The number of rotatable bonds is 2.